The third-order valence-corrected chi connectivity index (χ3v) is 3.06. The Morgan fingerprint density at radius 1 is 1.22 bits per heavy atom. The summed E-state index contributed by atoms with van der Waals surface area (Å²) in [6.45, 7) is 8.71. The molecule has 1 aromatic rings. The van der Waals surface area contributed by atoms with Gasteiger partial charge >= 0.3 is 12.1 Å². The van der Waals surface area contributed by atoms with Crippen LogP contribution in [0.5, 0.6) is 0 Å². The zero-order valence-electron chi connectivity index (χ0n) is 14.1. The van der Waals surface area contributed by atoms with Crippen LogP contribution in [0.1, 0.15) is 48.7 Å². The van der Waals surface area contributed by atoms with Gasteiger partial charge in [0.15, 0.2) is 5.78 Å². The largest absolute Gasteiger partial charge is 0.480 e. The van der Waals surface area contributed by atoms with Crippen molar-refractivity contribution in [2.24, 2.45) is 0 Å². The maximum Gasteiger partial charge on any atom is 0.408 e. The van der Waals surface area contributed by atoms with E-state index in [1.807, 2.05) is 13.0 Å². The number of hydrogen-bond donors (Lipinski definition) is 2. The highest BCUT2D eigenvalue weighted by Gasteiger charge is 2.27. The van der Waals surface area contributed by atoms with Crippen LogP contribution in [0.2, 0.25) is 0 Å². The Labute approximate surface area is 135 Å². The standard InChI is InChI=1S/C17H23NO5/c1-10-6-7-12(11(2)8-10)14(19)9-13(15(20)21)18-16(22)23-17(3,4)5/h6-8,13H,9H2,1-5H3,(H,18,22)(H,20,21). The number of carboxylic acid groups (broad SMARTS) is 1. The lowest BCUT2D eigenvalue weighted by Gasteiger charge is -2.21. The minimum Gasteiger partial charge on any atom is -0.480 e. The van der Waals surface area contributed by atoms with Crippen LogP contribution in [-0.2, 0) is 9.53 Å². The molecule has 0 heterocycles. The summed E-state index contributed by atoms with van der Waals surface area (Å²) in [4.78, 5) is 35.3. The topological polar surface area (TPSA) is 92.7 Å². The number of ketones is 1. The molecule has 1 aromatic carbocycles. The molecule has 1 atom stereocenters. The first kappa shape index (κ1) is 18.7. The van der Waals surface area contributed by atoms with Gasteiger partial charge in [-0.25, -0.2) is 9.59 Å². The third-order valence-electron chi connectivity index (χ3n) is 3.06. The number of carbonyl (C=O) groups excluding carboxylic acids is 2. The molecule has 1 rings (SSSR count). The van der Waals surface area contributed by atoms with E-state index in [4.69, 9.17) is 4.74 Å². The number of aliphatic carboxylic acids is 1. The Balaban J connectivity index is 2.81. The van der Waals surface area contributed by atoms with Crippen LogP contribution < -0.4 is 5.32 Å². The molecule has 0 aliphatic rings. The molecule has 1 unspecified atom stereocenters. The van der Waals surface area contributed by atoms with Crippen LogP contribution in [0.3, 0.4) is 0 Å². The number of nitrogens with one attached hydrogen (secondary N) is 1. The first-order valence-electron chi connectivity index (χ1n) is 7.32. The summed E-state index contributed by atoms with van der Waals surface area (Å²) in [5, 5.41) is 11.4. The first-order chi connectivity index (χ1) is 10.5. The van der Waals surface area contributed by atoms with E-state index in [0.29, 0.717) is 5.56 Å². The molecular formula is C17H23NO5. The second-order valence-electron chi connectivity index (χ2n) is 6.48. The summed E-state index contributed by atoms with van der Waals surface area (Å²) in [6, 6.07) is 3.97. The summed E-state index contributed by atoms with van der Waals surface area (Å²) in [5.41, 5.74) is 1.50. The summed E-state index contributed by atoms with van der Waals surface area (Å²) in [7, 11) is 0. The quantitative estimate of drug-likeness (QED) is 0.813. The van der Waals surface area contributed by atoms with Crippen molar-refractivity contribution in [3.8, 4) is 0 Å². The van der Waals surface area contributed by atoms with Crippen molar-refractivity contribution in [2.45, 2.75) is 52.7 Å². The summed E-state index contributed by atoms with van der Waals surface area (Å²) < 4.78 is 5.02. The number of amides is 1. The van der Waals surface area contributed by atoms with Gasteiger partial charge in [-0.1, -0.05) is 23.8 Å². The Morgan fingerprint density at radius 2 is 1.83 bits per heavy atom. The van der Waals surface area contributed by atoms with E-state index in [0.717, 1.165) is 11.1 Å². The number of hydrogen-bond acceptors (Lipinski definition) is 4. The Bertz CT molecular complexity index is 616. The summed E-state index contributed by atoms with van der Waals surface area (Å²) in [6.07, 6.45) is -1.20. The highest BCUT2D eigenvalue weighted by molar-refractivity contribution is 6.00. The zero-order chi connectivity index (χ0) is 17.8. The van der Waals surface area contributed by atoms with Crippen molar-refractivity contribution in [3.05, 3.63) is 34.9 Å². The van der Waals surface area contributed by atoms with Gasteiger partial charge in [0.05, 0.1) is 0 Å². The fourth-order valence-electron chi connectivity index (χ4n) is 2.07. The molecule has 0 aliphatic carbocycles. The second-order valence-corrected chi connectivity index (χ2v) is 6.48. The smallest absolute Gasteiger partial charge is 0.408 e. The highest BCUT2D eigenvalue weighted by Crippen LogP contribution is 2.14. The monoisotopic (exact) mass is 321 g/mol. The SMILES string of the molecule is Cc1ccc(C(=O)CC(NC(=O)OC(C)(C)C)C(=O)O)c(C)c1. The molecular weight excluding hydrogens is 298 g/mol. The van der Waals surface area contributed by atoms with E-state index in [2.05, 4.69) is 5.32 Å². The van der Waals surface area contributed by atoms with E-state index < -0.39 is 23.7 Å². The van der Waals surface area contributed by atoms with Crippen molar-refractivity contribution >= 4 is 17.8 Å². The summed E-state index contributed by atoms with van der Waals surface area (Å²) >= 11 is 0. The lowest BCUT2D eigenvalue weighted by Crippen LogP contribution is -2.44. The molecule has 0 spiro atoms. The predicted octanol–water partition coefficient (Wildman–Crippen LogP) is 2.85. The number of benzene rings is 1. The van der Waals surface area contributed by atoms with Crippen LogP contribution >= 0.6 is 0 Å². The molecule has 6 nitrogen and oxygen atoms in total. The van der Waals surface area contributed by atoms with Crippen LogP contribution in [0.25, 0.3) is 0 Å². The minimum absolute atomic E-state index is 0.335. The molecule has 0 bridgehead atoms. The predicted molar refractivity (Wildman–Crippen MR) is 85.7 cm³/mol. The first-order valence-corrected chi connectivity index (χ1v) is 7.32. The van der Waals surface area contributed by atoms with Gasteiger partial charge < -0.3 is 15.2 Å². The van der Waals surface area contributed by atoms with E-state index in [1.165, 1.54) is 0 Å². The molecule has 6 heteroatoms. The second kappa shape index (κ2) is 7.26. The molecule has 0 aliphatic heterocycles. The average molecular weight is 321 g/mol. The van der Waals surface area contributed by atoms with Gasteiger partial charge in [-0.3, -0.25) is 4.79 Å². The van der Waals surface area contributed by atoms with Crippen molar-refractivity contribution in [3.63, 3.8) is 0 Å². The number of ether oxygens (including phenoxy) is 1. The normalized spacial score (nSPS) is 12.4. The minimum atomic E-state index is -1.34. The molecule has 23 heavy (non-hydrogen) atoms. The number of carbonyl (C=O) groups is 3. The Morgan fingerprint density at radius 3 is 2.30 bits per heavy atom. The lowest BCUT2D eigenvalue weighted by atomic mass is 9.98. The van der Waals surface area contributed by atoms with E-state index in [9.17, 15) is 19.5 Å². The van der Waals surface area contributed by atoms with E-state index in [-0.39, 0.29) is 12.2 Å². The number of aryl methyl sites for hydroxylation is 2. The Hall–Kier alpha value is -2.37. The van der Waals surface area contributed by atoms with Gasteiger partial charge in [0, 0.05) is 12.0 Å². The van der Waals surface area contributed by atoms with Crippen LogP contribution in [-0.4, -0.2) is 34.6 Å². The zero-order valence-corrected chi connectivity index (χ0v) is 14.1. The molecule has 0 saturated heterocycles. The number of alkyl carbamates (subject to hydrolysis) is 1. The fraction of sp³-hybridized carbons (Fsp3) is 0.471. The number of carboxylic acids is 1. The average Bonchev–Trinajstić information content (AvgIpc) is 2.35. The van der Waals surface area contributed by atoms with Crippen LogP contribution in [0.4, 0.5) is 4.79 Å². The molecule has 2 N–H and O–H groups in total. The van der Waals surface area contributed by atoms with E-state index >= 15 is 0 Å². The van der Waals surface area contributed by atoms with Crippen molar-refractivity contribution in [1.82, 2.24) is 5.32 Å². The van der Waals surface area contributed by atoms with Crippen LogP contribution in [0, 0.1) is 13.8 Å². The van der Waals surface area contributed by atoms with Crippen molar-refractivity contribution in [1.29, 1.82) is 0 Å². The van der Waals surface area contributed by atoms with Gasteiger partial charge in [0.25, 0.3) is 0 Å². The molecule has 0 saturated carbocycles. The Kier molecular flexibility index (Phi) is 5.90. The van der Waals surface area contributed by atoms with Gasteiger partial charge in [0.1, 0.15) is 11.6 Å². The highest BCUT2D eigenvalue weighted by atomic mass is 16.6. The van der Waals surface area contributed by atoms with Crippen molar-refractivity contribution in [2.75, 3.05) is 0 Å². The molecule has 0 aromatic heterocycles. The van der Waals surface area contributed by atoms with Gasteiger partial charge in [-0.05, 0) is 40.2 Å². The number of rotatable bonds is 5. The fourth-order valence-corrected chi connectivity index (χ4v) is 2.07. The van der Waals surface area contributed by atoms with Crippen LogP contribution in [0.15, 0.2) is 18.2 Å². The summed E-state index contributed by atoms with van der Waals surface area (Å²) in [5.74, 6) is -1.63. The number of Topliss-reactive ketones (excluding diaryl/α,β-unsaturated/α-hetero) is 1. The van der Waals surface area contributed by atoms with Gasteiger partial charge in [0.2, 0.25) is 0 Å². The van der Waals surface area contributed by atoms with E-state index in [1.54, 1.807) is 39.8 Å². The van der Waals surface area contributed by atoms with Gasteiger partial charge in [-0.15, -0.1) is 0 Å². The molecule has 126 valence electrons. The lowest BCUT2D eigenvalue weighted by molar-refractivity contribution is -0.139. The maximum atomic E-state index is 12.3. The molecule has 1 amide bonds. The maximum absolute atomic E-state index is 12.3. The van der Waals surface area contributed by atoms with Crippen molar-refractivity contribution < 1.29 is 24.2 Å². The molecule has 0 radical (unpaired) electrons. The molecule has 0 fully saturated rings. The van der Waals surface area contributed by atoms with Gasteiger partial charge in [-0.2, -0.15) is 0 Å². The third kappa shape index (κ3) is 6.10.